The van der Waals surface area contributed by atoms with Gasteiger partial charge in [-0.15, -0.1) is 0 Å². The molecule has 0 bridgehead atoms. The van der Waals surface area contributed by atoms with Crippen molar-refractivity contribution in [3.63, 3.8) is 0 Å². The van der Waals surface area contributed by atoms with Gasteiger partial charge in [-0.25, -0.2) is 0 Å². The van der Waals surface area contributed by atoms with Crippen LogP contribution in [0.5, 0.6) is 0 Å². The summed E-state index contributed by atoms with van der Waals surface area (Å²) in [6.07, 6.45) is 8.07. The summed E-state index contributed by atoms with van der Waals surface area (Å²) in [6, 6.07) is 8.00. The van der Waals surface area contributed by atoms with E-state index in [2.05, 4.69) is 30.9 Å². The van der Waals surface area contributed by atoms with Gasteiger partial charge in [0, 0.05) is 24.3 Å². The Morgan fingerprint density at radius 1 is 1.11 bits per heavy atom. The highest BCUT2D eigenvalue weighted by Crippen LogP contribution is 2.69. The van der Waals surface area contributed by atoms with E-state index in [0.717, 1.165) is 38.5 Å². The molecule has 0 saturated heterocycles. The molecule has 2 fully saturated rings. The number of allylic oxidation sites excluding steroid dienone is 4. The van der Waals surface area contributed by atoms with Crippen LogP contribution in [0.4, 0.5) is 0 Å². The van der Waals surface area contributed by atoms with Gasteiger partial charge in [-0.3, -0.25) is 14.4 Å². The third-order valence-corrected chi connectivity index (χ3v) is 9.83. The van der Waals surface area contributed by atoms with E-state index in [4.69, 9.17) is 0 Å². The summed E-state index contributed by atoms with van der Waals surface area (Å²) in [5, 5.41) is 9.56. The summed E-state index contributed by atoms with van der Waals surface area (Å²) in [6.45, 7) is 5.54. The van der Waals surface area contributed by atoms with Gasteiger partial charge in [-0.05, 0) is 85.5 Å². The summed E-state index contributed by atoms with van der Waals surface area (Å²) >= 11 is 0. The van der Waals surface area contributed by atoms with Gasteiger partial charge in [0.15, 0.2) is 17.3 Å². The van der Waals surface area contributed by atoms with Gasteiger partial charge in [0.05, 0.1) is 5.41 Å². The van der Waals surface area contributed by atoms with Crippen molar-refractivity contribution in [2.75, 3.05) is 6.61 Å². The molecule has 0 unspecified atom stereocenters. The second-order valence-electron chi connectivity index (χ2n) is 11.4. The zero-order valence-corrected chi connectivity index (χ0v) is 21.7. The largest absolute Gasteiger partial charge is 0.384 e. The molecule has 4 aliphatic rings. The Hall–Kier alpha value is -2.77. The molecule has 2 saturated carbocycles. The lowest BCUT2D eigenvalue weighted by Gasteiger charge is -2.54. The van der Waals surface area contributed by atoms with Crippen molar-refractivity contribution in [1.82, 2.24) is 0 Å². The van der Waals surface area contributed by atoms with E-state index >= 15 is 0 Å². The van der Waals surface area contributed by atoms with Crippen LogP contribution in [0.25, 0.3) is 0 Å². The molecule has 4 heteroatoms. The molecule has 1 aromatic carbocycles. The second-order valence-corrected chi connectivity index (χ2v) is 11.4. The molecule has 0 radical (unpaired) electrons. The lowest BCUT2D eigenvalue weighted by molar-refractivity contribution is -0.132. The highest BCUT2D eigenvalue weighted by molar-refractivity contribution is 5.94. The van der Waals surface area contributed by atoms with Gasteiger partial charge in [-0.2, -0.15) is 0 Å². The van der Waals surface area contributed by atoms with Crippen LogP contribution in [0.15, 0.2) is 47.1 Å². The fraction of sp³-hybridized carbons (Fsp3) is 0.531. The van der Waals surface area contributed by atoms with Crippen molar-refractivity contribution in [2.24, 2.45) is 22.7 Å². The smallest absolute Gasteiger partial charge is 0.159 e. The van der Waals surface area contributed by atoms with E-state index in [1.54, 1.807) is 6.92 Å². The van der Waals surface area contributed by atoms with Crippen molar-refractivity contribution in [3.05, 3.63) is 58.2 Å². The van der Waals surface area contributed by atoms with E-state index in [1.807, 2.05) is 25.1 Å². The van der Waals surface area contributed by atoms with Crippen LogP contribution in [0.3, 0.4) is 0 Å². The number of ketones is 3. The number of Topliss-reactive ketones (excluding diaryl/α,β-unsaturated/α-hetero) is 2. The molecule has 36 heavy (non-hydrogen) atoms. The Bertz CT molecular complexity index is 1240. The highest BCUT2D eigenvalue weighted by Gasteiger charge is 2.65. The molecular weight excluding hydrogens is 448 g/mol. The number of carbonyl (C=O) groups excluding carboxylic acids is 3. The van der Waals surface area contributed by atoms with E-state index in [0.29, 0.717) is 30.2 Å². The van der Waals surface area contributed by atoms with Crippen molar-refractivity contribution in [1.29, 1.82) is 0 Å². The summed E-state index contributed by atoms with van der Waals surface area (Å²) in [7, 11) is 0. The van der Waals surface area contributed by atoms with Crippen molar-refractivity contribution >= 4 is 17.3 Å². The predicted molar refractivity (Wildman–Crippen MR) is 139 cm³/mol. The standard InChI is InChI=1S/C32H36O4/c1-4-29(36)32(15-5-17-33)16-14-28-26-12-10-23-18-24(35)11-13-25(23)30(26)27(19-31(28,32)3)22-8-6-21(7-9-22)20(2)34/h6-9,18,26-28,33H,4,10-14,16-17,19H2,1-3H3/t26-,27+,28-,31-,32+/m0/s1. The molecule has 0 amide bonds. The van der Waals surface area contributed by atoms with Crippen molar-refractivity contribution in [2.45, 2.75) is 78.1 Å². The Labute approximate surface area is 214 Å². The van der Waals surface area contributed by atoms with Gasteiger partial charge in [-0.1, -0.05) is 55.5 Å². The van der Waals surface area contributed by atoms with Crippen LogP contribution >= 0.6 is 0 Å². The zero-order valence-electron chi connectivity index (χ0n) is 21.7. The maximum atomic E-state index is 13.6. The van der Waals surface area contributed by atoms with Crippen LogP contribution in [0.2, 0.25) is 0 Å². The van der Waals surface area contributed by atoms with Gasteiger partial charge in [0.1, 0.15) is 6.61 Å². The molecule has 5 atom stereocenters. The third-order valence-electron chi connectivity index (χ3n) is 9.83. The fourth-order valence-electron chi connectivity index (χ4n) is 8.16. The van der Waals surface area contributed by atoms with E-state index in [-0.39, 0.29) is 35.3 Å². The van der Waals surface area contributed by atoms with Crippen LogP contribution in [-0.2, 0) is 9.59 Å². The topological polar surface area (TPSA) is 71.4 Å². The summed E-state index contributed by atoms with van der Waals surface area (Å²) in [5.74, 6) is 7.48. The normalized spacial score (nSPS) is 33.1. The number of aliphatic hydroxyl groups is 1. The van der Waals surface area contributed by atoms with Crippen LogP contribution in [0.1, 0.15) is 94.0 Å². The Morgan fingerprint density at radius 2 is 1.86 bits per heavy atom. The molecule has 188 valence electrons. The monoisotopic (exact) mass is 484 g/mol. The first-order valence-corrected chi connectivity index (χ1v) is 13.5. The fourth-order valence-corrected chi connectivity index (χ4v) is 8.16. The Morgan fingerprint density at radius 3 is 2.53 bits per heavy atom. The molecule has 1 N–H and O–H groups in total. The molecule has 1 aromatic rings. The predicted octanol–water partition coefficient (Wildman–Crippen LogP) is 5.75. The second kappa shape index (κ2) is 9.27. The minimum Gasteiger partial charge on any atom is -0.384 e. The Balaban J connectivity index is 1.70. The van der Waals surface area contributed by atoms with Gasteiger partial charge in [0.25, 0.3) is 0 Å². The number of benzene rings is 1. The quantitative estimate of drug-likeness (QED) is 0.436. The molecule has 0 spiro atoms. The summed E-state index contributed by atoms with van der Waals surface area (Å²) < 4.78 is 0. The van der Waals surface area contributed by atoms with Gasteiger partial charge in [0.2, 0.25) is 0 Å². The lowest BCUT2D eigenvalue weighted by Crippen LogP contribution is -2.50. The number of aliphatic hydroxyl groups excluding tert-OH is 1. The molecule has 0 aromatic heterocycles. The number of hydrogen-bond donors (Lipinski definition) is 1. The first-order valence-electron chi connectivity index (χ1n) is 13.5. The van der Waals surface area contributed by atoms with Crippen LogP contribution < -0.4 is 0 Å². The molecule has 0 aliphatic heterocycles. The Kier molecular flexibility index (Phi) is 6.41. The molecular formula is C32H36O4. The van der Waals surface area contributed by atoms with Gasteiger partial charge < -0.3 is 5.11 Å². The lowest BCUT2D eigenvalue weighted by atomic mass is 9.48. The first-order chi connectivity index (χ1) is 17.3. The number of carbonyl (C=O) groups is 3. The van der Waals surface area contributed by atoms with Crippen LogP contribution in [-0.4, -0.2) is 29.1 Å². The SMILES string of the molecule is CCC(=O)[C@@]1(C#CCO)CC[C@H]2[C@@H]3CCC4=CC(=O)CCC4=C3[C@@H](c3ccc(C(C)=O)cc3)C[C@@]21C. The molecule has 5 rings (SSSR count). The summed E-state index contributed by atoms with van der Waals surface area (Å²) in [5.41, 5.74) is 4.85. The summed E-state index contributed by atoms with van der Waals surface area (Å²) in [4.78, 5) is 37.8. The van der Waals surface area contributed by atoms with Gasteiger partial charge >= 0.3 is 0 Å². The average molecular weight is 485 g/mol. The minimum absolute atomic E-state index is 0.0495. The maximum Gasteiger partial charge on any atom is 0.159 e. The van der Waals surface area contributed by atoms with Crippen molar-refractivity contribution < 1.29 is 19.5 Å². The molecule has 4 nitrogen and oxygen atoms in total. The van der Waals surface area contributed by atoms with Crippen molar-refractivity contribution in [3.8, 4) is 11.8 Å². The van der Waals surface area contributed by atoms with Crippen LogP contribution in [0, 0.1) is 34.5 Å². The van der Waals surface area contributed by atoms with E-state index in [9.17, 15) is 19.5 Å². The number of fused-ring (bicyclic) bond motifs is 4. The number of hydrogen-bond acceptors (Lipinski definition) is 4. The average Bonchev–Trinajstić information content (AvgIpc) is 3.18. The maximum absolute atomic E-state index is 13.6. The molecule has 4 aliphatic carbocycles. The zero-order chi connectivity index (χ0) is 25.7. The third kappa shape index (κ3) is 3.67. The van der Waals surface area contributed by atoms with E-state index in [1.165, 1.54) is 22.3 Å². The number of rotatable bonds is 4. The van der Waals surface area contributed by atoms with E-state index < -0.39 is 5.41 Å². The minimum atomic E-state index is -0.748. The highest BCUT2D eigenvalue weighted by atomic mass is 16.2. The molecule has 0 heterocycles. The first kappa shape index (κ1) is 24.9.